The van der Waals surface area contributed by atoms with Crippen molar-refractivity contribution in [2.75, 3.05) is 11.1 Å². The van der Waals surface area contributed by atoms with E-state index >= 15 is 0 Å². The van der Waals surface area contributed by atoms with Gasteiger partial charge in [0.05, 0.1) is 0 Å². The molecule has 0 unspecified atom stereocenters. The maximum atomic E-state index is 12.5. The van der Waals surface area contributed by atoms with Gasteiger partial charge in [-0.3, -0.25) is 0 Å². The van der Waals surface area contributed by atoms with Crippen LogP contribution in [0.15, 0.2) is 18.2 Å². The van der Waals surface area contributed by atoms with Crippen LogP contribution in [0.5, 0.6) is 0 Å². The Morgan fingerprint density at radius 3 is 2.47 bits per heavy atom. The highest BCUT2D eigenvalue weighted by molar-refractivity contribution is 6.28. The normalized spacial score (nSPS) is 11.4. The molecule has 0 aliphatic rings. The van der Waals surface area contributed by atoms with Crippen LogP contribution in [0.3, 0.4) is 0 Å². The number of alkyl halides is 3. The van der Waals surface area contributed by atoms with Crippen LogP contribution in [-0.4, -0.2) is 19.9 Å². The smallest absolute Gasteiger partial charge is 0.368 e. The lowest BCUT2D eigenvalue weighted by Crippen LogP contribution is -2.10. The first-order valence-corrected chi connectivity index (χ1v) is 5.21. The van der Waals surface area contributed by atoms with Crippen molar-refractivity contribution in [3.05, 3.63) is 29.2 Å². The number of nitrogens with two attached hydrogens (primary N) is 1. The van der Waals surface area contributed by atoms with Crippen molar-refractivity contribution in [3.63, 3.8) is 0 Å². The molecule has 0 saturated carbocycles. The summed E-state index contributed by atoms with van der Waals surface area (Å²) in [5.41, 5.74) is 4.29. The van der Waals surface area contributed by atoms with Crippen LogP contribution in [-0.2, 0) is 6.18 Å². The van der Waals surface area contributed by atoms with Crippen molar-refractivity contribution in [1.29, 1.82) is 0 Å². The first-order chi connectivity index (χ1) is 8.84. The second-order valence-corrected chi connectivity index (χ2v) is 3.66. The summed E-state index contributed by atoms with van der Waals surface area (Å²) in [5, 5.41) is 2.28. The van der Waals surface area contributed by atoms with Crippen molar-refractivity contribution >= 4 is 29.3 Å². The van der Waals surface area contributed by atoms with E-state index in [1.807, 2.05) is 0 Å². The van der Waals surface area contributed by atoms with Gasteiger partial charge in [-0.15, -0.1) is 0 Å². The molecule has 2 aromatic heterocycles. The Balaban J connectivity index is 2.28. The van der Waals surface area contributed by atoms with Crippen LogP contribution in [0.25, 0.3) is 0 Å². The molecular weight excluding hydrogens is 285 g/mol. The van der Waals surface area contributed by atoms with Crippen molar-refractivity contribution in [1.82, 2.24) is 19.9 Å². The first-order valence-electron chi connectivity index (χ1n) is 4.83. The molecule has 2 aromatic rings. The van der Waals surface area contributed by atoms with Crippen LogP contribution in [0.1, 0.15) is 5.69 Å². The highest BCUT2D eigenvalue weighted by Gasteiger charge is 2.32. The van der Waals surface area contributed by atoms with Gasteiger partial charge < -0.3 is 11.1 Å². The molecule has 2 rings (SSSR count). The van der Waals surface area contributed by atoms with Crippen molar-refractivity contribution < 1.29 is 13.2 Å². The Morgan fingerprint density at radius 2 is 1.84 bits per heavy atom. The number of nitrogen functional groups attached to an aromatic ring is 1. The maximum absolute atomic E-state index is 12.5. The Morgan fingerprint density at radius 1 is 1.11 bits per heavy atom. The minimum absolute atomic E-state index is 0.0866. The third-order valence-electron chi connectivity index (χ3n) is 1.90. The topological polar surface area (TPSA) is 89.6 Å². The lowest BCUT2D eigenvalue weighted by Gasteiger charge is -2.08. The van der Waals surface area contributed by atoms with Gasteiger partial charge in [0.25, 0.3) is 0 Å². The Labute approximate surface area is 109 Å². The van der Waals surface area contributed by atoms with E-state index in [1.165, 1.54) is 12.1 Å². The van der Waals surface area contributed by atoms with Gasteiger partial charge in [-0.25, -0.2) is 4.98 Å². The zero-order chi connectivity index (χ0) is 14.0. The summed E-state index contributed by atoms with van der Waals surface area (Å²) in [6.45, 7) is 0. The SMILES string of the molecule is Nc1nc(Cl)nc(Nc2cccc(C(F)(F)F)n2)n1. The van der Waals surface area contributed by atoms with Crippen molar-refractivity contribution in [2.24, 2.45) is 0 Å². The van der Waals surface area contributed by atoms with Gasteiger partial charge >= 0.3 is 6.18 Å². The fourth-order valence-electron chi connectivity index (χ4n) is 1.20. The van der Waals surface area contributed by atoms with E-state index < -0.39 is 11.9 Å². The summed E-state index contributed by atoms with van der Waals surface area (Å²) in [6.07, 6.45) is -4.53. The van der Waals surface area contributed by atoms with E-state index in [0.29, 0.717) is 0 Å². The number of pyridine rings is 1. The highest BCUT2D eigenvalue weighted by atomic mass is 35.5. The summed E-state index contributed by atoms with van der Waals surface area (Å²) < 4.78 is 37.4. The molecule has 0 fully saturated rings. The Bertz CT molecular complexity index is 582. The lowest BCUT2D eigenvalue weighted by molar-refractivity contribution is -0.141. The van der Waals surface area contributed by atoms with Crippen LogP contribution >= 0.6 is 11.6 Å². The van der Waals surface area contributed by atoms with Crippen LogP contribution in [0.4, 0.5) is 30.9 Å². The highest BCUT2D eigenvalue weighted by Crippen LogP contribution is 2.28. The van der Waals surface area contributed by atoms with Crippen LogP contribution in [0.2, 0.25) is 5.28 Å². The zero-order valence-electron chi connectivity index (χ0n) is 9.11. The van der Waals surface area contributed by atoms with Crippen LogP contribution in [0, 0.1) is 0 Å². The van der Waals surface area contributed by atoms with Gasteiger partial charge in [-0.1, -0.05) is 6.07 Å². The molecule has 0 bridgehead atoms. The molecule has 0 spiro atoms. The summed E-state index contributed by atoms with van der Waals surface area (Å²) in [7, 11) is 0. The van der Waals surface area contributed by atoms with E-state index in [4.69, 9.17) is 17.3 Å². The molecule has 19 heavy (non-hydrogen) atoms. The molecule has 2 heterocycles. The van der Waals surface area contributed by atoms with E-state index in [9.17, 15) is 13.2 Å². The van der Waals surface area contributed by atoms with Crippen molar-refractivity contribution in [2.45, 2.75) is 6.18 Å². The number of hydrogen-bond donors (Lipinski definition) is 2. The molecule has 0 radical (unpaired) electrons. The summed E-state index contributed by atoms with van der Waals surface area (Å²) >= 11 is 5.54. The molecule has 3 N–H and O–H groups in total. The second kappa shape index (κ2) is 4.84. The number of nitrogens with one attached hydrogen (secondary N) is 1. The van der Waals surface area contributed by atoms with E-state index in [2.05, 4.69) is 25.3 Å². The predicted octanol–water partition coefficient (Wildman–Crippen LogP) is 2.26. The number of anilines is 3. The number of hydrogen-bond acceptors (Lipinski definition) is 6. The van der Waals surface area contributed by atoms with E-state index in [-0.39, 0.29) is 23.0 Å². The molecule has 10 heteroatoms. The minimum Gasteiger partial charge on any atom is -0.368 e. The molecule has 0 saturated heterocycles. The molecule has 0 aliphatic heterocycles. The average Bonchev–Trinajstić information content (AvgIpc) is 2.26. The van der Waals surface area contributed by atoms with E-state index in [1.54, 1.807) is 0 Å². The number of nitrogens with zero attached hydrogens (tertiary/aromatic N) is 4. The molecule has 0 aromatic carbocycles. The summed E-state index contributed by atoms with van der Waals surface area (Å²) in [4.78, 5) is 14.2. The van der Waals surface area contributed by atoms with Crippen molar-refractivity contribution in [3.8, 4) is 0 Å². The molecule has 100 valence electrons. The monoisotopic (exact) mass is 290 g/mol. The minimum atomic E-state index is -4.53. The maximum Gasteiger partial charge on any atom is 0.433 e. The standard InChI is InChI=1S/C9H6ClF3N6/c10-6-17-7(14)19-8(18-6)16-5-3-1-2-4(15-5)9(11,12)13/h1-3H,(H3,14,15,16,17,18,19). The first kappa shape index (κ1) is 13.3. The fourth-order valence-corrected chi connectivity index (χ4v) is 1.36. The van der Waals surface area contributed by atoms with Gasteiger partial charge in [0.1, 0.15) is 11.5 Å². The molecule has 0 aliphatic carbocycles. The van der Waals surface area contributed by atoms with Gasteiger partial charge in [0.15, 0.2) is 0 Å². The van der Waals surface area contributed by atoms with Gasteiger partial charge in [0.2, 0.25) is 17.2 Å². The van der Waals surface area contributed by atoms with Gasteiger partial charge in [0, 0.05) is 0 Å². The number of rotatable bonds is 2. The summed E-state index contributed by atoms with van der Waals surface area (Å²) in [5.74, 6) is -0.338. The Kier molecular flexibility index (Phi) is 3.38. The quantitative estimate of drug-likeness (QED) is 0.882. The molecule has 0 amide bonds. The third kappa shape index (κ3) is 3.41. The third-order valence-corrected chi connectivity index (χ3v) is 2.07. The number of aromatic nitrogens is 4. The molecule has 6 nitrogen and oxygen atoms in total. The predicted molar refractivity (Wildman–Crippen MR) is 61.8 cm³/mol. The Hall–Kier alpha value is -2.16. The molecule has 0 atom stereocenters. The lowest BCUT2D eigenvalue weighted by atomic mass is 10.3. The molecular formula is C9H6ClF3N6. The van der Waals surface area contributed by atoms with E-state index in [0.717, 1.165) is 6.07 Å². The summed E-state index contributed by atoms with van der Waals surface area (Å²) in [6, 6.07) is 3.37. The fraction of sp³-hybridized carbons (Fsp3) is 0.111. The van der Waals surface area contributed by atoms with Crippen LogP contribution < -0.4 is 11.1 Å². The average molecular weight is 291 g/mol. The largest absolute Gasteiger partial charge is 0.433 e. The zero-order valence-corrected chi connectivity index (χ0v) is 9.87. The van der Waals surface area contributed by atoms with Gasteiger partial charge in [-0.2, -0.15) is 28.1 Å². The second-order valence-electron chi connectivity index (χ2n) is 3.32. The van der Waals surface area contributed by atoms with Gasteiger partial charge in [-0.05, 0) is 23.7 Å². The number of halogens is 4.